The van der Waals surface area contributed by atoms with E-state index in [-0.39, 0.29) is 37.4 Å². The molecule has 0 saturated heterocycles. The summed E-state index contributed by atoms with van der Waals surface area (Å²) in [6.07, 6.45) is 2.83. The highest BCUT2D eigenvalue weighted by Crippen LogP contribution is 2.23. The Balaban J connectivity index is 2.27. The molecular formula is C29H43N3O5S. The van der Waals surface area contributed by atoms with Gasteiger partial charge in [-0.3, -0.25) is 13.9 Å². The highest BCUT2D eigenvalue weighted by Gasteiger charge is 2.29. The topological polar surface area (TPSA) is 96.0 Å². The predicted octanol–water partition coefficient (Wildman–Crippen LogP) is 4.58. The number of carbonyl (C=O) groups is 2. The molecule has 0 fully saturated rings. The van der Waals surface area contributed by atoms with Gasteiger partial charge in [-0.15, -0.1) is 0 Å². The summed E-state index contributed by atoms with van der Waals surface area (Å²) in [7, 11) is -1.96. The Hall–Kier alpha value is -3.07. The number of hydrogen-bond acceptors (Lipinski definition) is 5. The van der Waals surface area contributed by atoms with E-state index in [9.17, 15) is 18.0 Å². The molecule has 9 heteroatoms. The van der Waals surface area contributed by atoms with E-state index in [1.807, 2.05) is 77.1 Å². The molecule has 210 valence electrons. The van der Waals surface area contributed by atoms with E-state index in [0.717, 1.165) is 23.1 Å². The highest BCUT2D eigenvalue weighted by molar-refractivity contribution is 7.92. The second-order valence-corrected chi connectivity index (χ2v) is 11.8. The van der Waals surface area contributed by atoms with Crippen molar-refractivity contribution in [3.63, 3.8) is 0 Å². The zero-order valence-corrected chi connectivity index (χ0v) is 24.6. The molecule has 38 heavy (non-hydrogen) atoms. The summed E-state index contributed by atoms with van der Waals surface area (Å²) in [5, 5.41) is 3.01. The van der Waals surface area contributed by atoms with Gasteiger partial charge in [0.2, 0.25) is 21.8 Å². The molecule has 0 aliphatic carbocycles. The molecule has 8 nitrogen and oxygen atoms in total. The van der Waals surface area contributed by atoms with Crippen LogP contribution in [0.15, 0.2) is 42.5 Å². The van der Waals surface area contributed by atoms with Gasteiger partial charge in [-0.05, 0) is 81.0 Å². The first-order valence-corrected chi connectivity index (χ1v) is 15.0. The largest absolute Gasteiger partial charge is 0.497 e. The standard InChI is InChI=1S/C29H43N3O5S/c1-8-23(5)30-29(34)27(9-2)31(20-24-12-10-13-26(19-24)37-6)28(33)14-11-15-32(38(7,35)36)25-17-21(3)16-22(4)18-25/h10,12-13,16-19,23,27H,8-9,11,14-15,20H2,1-7H3,(H,30,34)/t23-,27+/m1/s1. The highest BCUT2D eigenvalue weighted by atomic mass is 32.2. The van der Waals surface area contributed by atoms with E-state index in [0.29, 0.717) is 24.3 Å². The lowest BCUT2D eigenvalue weighted by Crippen LogP contribution is -2.50. The number of methoxy groups -OCH3 is 1. The summed E-state index contributed by atoms with van der Waals surface area (Å²) in [5.74, 6) is 0.281. The van der Waals surface area contributed by atoms with Crippen molar-refractivity contribution in [2.75, 3.05) is 24.2 Å². The van der Waals surface area contributed by atoms with Gasteiger partial charge in [0.05, 0.1) is 19.1 Å². The Bertz CT molecular complexity index is 1180. The zero-order chi connectivity index (χ0) is 28.5. The van der Waals surface area contributed by atoms with Gasteiger partial charge < -0.3 is 15.0 Å². The number of nitrogens with zero attached hydrogens (tertiary/aromatic N) is 2. The molecule has 2 atom stereocenters. The Morgan fingerprint density at radius 3 is 2.24 bits per heavy atom. The first-order chi connectivity index (χ1) is 17.9. The van der Waals surface area contributed by atoms with Crippen LogP contribution in [0.2, 0.25) is 0 Å². The molecule has 0 spiro atoms. The molecule has 2 amide bonds. The van der Waals surface area contributed by atoms with Gasteiger partial charge >= 0.3 is 0 Å². The van der Waals surface area contributed by atoms with Gasteiger partial charge in [-0.25, -0.2) is 8.42 Å². The Labute approximate surface area is 228 Å². The summed E-state index contributed by atoms with van der Waals surface area (Å²) in [5.41, 5.74) is 3.37. The van der Waals surface area contributed by atoms with Crippen molar-refractivity contribution in [2.45, 2.75) is 78.9 Å². The van der Waals surface area contributed by atoms with Crippen LogP contribution in [-0.2, 0) is 26.2 Å². The number of amides is 2. The van der Waals surface area contributed by atoms with Gasteiger partial charge in [-0.2, -0.15) is 0 Å². The minimum Gasteiger partial charge on any atom is -0.497 e. The van der Waals surface area contributed by atoms with Crippen molar-refractivity contribution >= 4 is 27.5 Å². The smallest absolute Gasteiger partial charge is 0.243 e. The van der Waals surface area contributed by atoms with Crippen LogP contribution in [0.1, 0.15) is 63.1 Å². The molecule has 0 heterocycles. The first-order valence-electron chi connectivity index (χ1n) is 13.2. The van der Waals surface area contributed by atoms with E-state index < -0.39 is 16.1 Å². The molecule has 2 aromatic rings. The third-order valence-electron chi connectivity index (χ3n) is 6.52. The van der Waals surface area contributed by atoms with E-state index in [1.165, 1.54) is 10.6 Å². The van der Waals surface area contributed by atoms with Crippen LogP contribution < -0.4 is 14.4 Å². The fraction of sp³-hybridized carbons (Fsp3) is 0.517. The maximum Gasteiger partial charge on any atom is 0.243 e. The molecule has 0 aliphatic heterocycles. The number of rotatable bonds is 14. The maximum absolute atomic E-state index is 13.6. The lowest BCUT2D eigenvalue weighted by Gasteiger charge is -2.32. The van der Waals surface area contributed by atoms with Crippen LogP contribution in [0.5, 0.6) is 5.75 Å². The molecular weight excluding hydrogens is 502 g/mol. The number of aryl methyl sites for hydroxylation is 2. The fourth-order valence-electron chi connectivity index (χ4n) is 4.43. The van der Waals surface area contributed by atoms with Crippen LogP contribution in [0, 0.1) is 13.8 Å². The van der Waals surface area contributed by atoms with Gasteiger partial charge in [-0.1, -0.05) is 32.0 Å². The lowest BCUT2D eigenvalue weighted by molar-refractivity contribution is -0.141. The van der Waals surface area contributed by atoms with Crippen molar-refractivity contribution in [2.24, 2.45) is 0 Å². The van der Waals surface area contributed by atoms with Crippen LogP contribution in [0.4, 0.5) is 5.69 Å². The predicted molar refractivity (Wildman–Crippen MR) is 153 cm³/mol. The average molecular weight is 546 g/mol. The van der Waals surface area contributed by atoms with Crippen molar-refractivity contribution in [3.05, 3.63) is 59.2 Å². The molecule has 0 saturated carbocycles. The van der Waals surface area contributed by atoms with E-state index in [1.54, 1.807) is 12.0 Å². The minimum atomic E-state index is -3.55. The van der Waals surface area contributed by atoms with Crippen molar-refractivity contribution < 1.29 is 22.7 Å². The first kappa shape index (κ1) is 31.1. The molecule has 2 rings (SSSR count). The normalized spacial score (nSPS) is 12.9. The van der Waals surface area contributed by atoms with Gasteiger partial charge in [0.15, 0.2) is 0 Å². The Morgan fingerprint density at radius 2 is 1.68 bits per heavy atom. The fourth-order valence-corrected chi connectivity index (χ4v) is 5.38. The molecule has 0 unspecified atom stereocenters. The monoisotopic (exact) mass is 545 g/mol. The van der Waals surface area contributed by atoms with E-state index in [4.69, 9.17) is 4.74 Å². The molecule has 0 bridgehead atoms. The summed E-state index contributed by atoms with van der Waals surface area (Å²) in [6, 6.07) is 12.4. The number of benzene rings is 2. The summed E-state index contributed by atoms with van der Waals surface area (Å²) in [6.45, 7) is 10.1. The third kappa shape index (κ3) is 9.04. The Morgan fingerprint density at radius 1 is 1.03 bits per heavy atom. The zero-order valence-electron chi connectivity index (χ0n) is 23.8. The van der Waals surface area contributed by atoms with Crippen molar-refractivity contribution in [1.82, 2.24) is 10.2 Å². The number of sulfonamides is 1. The molecule has 0 aromatic heterocycles. The van der Waals surface area contributed by atoms with Crippen LogP contribution in [0.3, 0.4) is 0 Å². The number of hydrogen-bond donors (Lipinski definition) is 1. The van der Waals surface area contributed by atoms with Gasteiger partial charge in [0.1, 0.15) is 11.8 Å². The molecule has 0 aliphatic rings. The Kier molecular flexibility index (Phi) is 11.6. The van der Waals surface area contributed by atoms with Crippen molar-refractivity contribution in [1.29, 1.82) is 0 Å². The van der Waals surface area contributed by atoms with Crippen LogP contribution in [-0.4, -0.2) is 57.1 Å². The van der Waals surface area contributed by atoms with Gasteiger partial charge in [0.25, 0.3) is 0 Å². The second kappa shape index (κ2) is 14.2. The number of ether oxygens (including phenoxy) is 1. The van der Waals surface area contributed by atoms with Crippen LogP contribution in [0.25, 0.3) is 0 Å². The summed E-state index contributed by atoms with van der Waals surface area (Å²) in [4.78, 5) is 28.3. The average Bonchev–Trinajstić information content (AvgIpc) is 2.84. The van der Waals surface area contributed by atoms with E-state index >= 15 is 0 Å². The number of carbonyl (C=O) groups excluding carboxylic acids is 2. The molecule has 1 N–H and O–H groups in total. The quantitative estimate of drug-likeness (QED) is 0.375. The number of nitrogens with one attached hydrogen (secondary N) is 1. The SMILES string of the molecule is CC[C@@H](C)NC(=O)[C@H](CC)N(Cc1cccc(OC)c1)C(=O)CCCN(c1cc(C)cc(C)c1)S(C)(=O)=O. The van der Waals surface area contributed by atoms with Gasteiger partial charge in [0, 0.05) is 25.6 Å². The molecule has 2 aromatic carbocycles. The molecule has 0 radical (unpaired) electrons. The lowest BCUT2D eigenvalue weighted by atomic mass is 10.1. The van der Waals surface area contributed by atoms with E-state index in [2.05, 4.69) is 5.32 Å². The minimum absolute atomic E-state index is 0.00794. The van der Waals surface area contributed by atoms with Crippen molar-refractivity contribution in [3.8, 4) is 5.75 Å². The number of anilines is 1. The third-order valence-corrected chi connectivity index (χ3v) is 7.71. The summed E-state index contributed by atoms with van der Waals surface area (Å²) >= 11 is 0. The second-order valence-electron chi connectivity index (χ2n) is 9.90. The van der Waals surface area contributed by atoms with Crippen LogP contribution >= 0.6 is 0 Å². The summed E-state index contributed by atoms with van der Waals surface area (Å²) < 4.78 is 31.9. The maximum atomic E-state index is 13.6.